The molecule has 1 aromatic carbocycles. The highest BCUT2D eigenvalue weighted by Crippen LogP contribution is 2.14. The molecule has 0 aliphatic rings. The topological polar surface area (TPSA) is 117 Å². The maximum atomic E-state index is 13.0. The van der Waals surface area contributed by atoms with Crippen molar-refractivity contribution in [3.63, 3.8) is 0 Å². The molecule has 0 spiro atoms. The molecule has 4 rings (SSSR count). The number of carbonyl (C=O) groups is 3. The van der Waals surface area contributed by atoms with Crippen LogP contribution < -0.4 is 10.2 Å². The van der Waals surface area contributed by atoms with E-state index in [0.29, 0.717) is 38.2 Å². The van der Waals surface area contributed by atoms with E-state index in [1.807, 2.05) is 72.8 Å². The minimum atomic E-state index is -0.495. The lowest BCUT2D eigenvalue weighted by molar-refractivity contribution is -0.129. The number of halogens is 1. The van der Waals surface area contributed by atoms with Crippen molar-refractivity contribution in [2.75, 3.05) is 6.54 Å². The number of amides is 1. The van der Waals surface area contributed by atoms with Gasteiger partial charge in [-0.3, -0.25) is 34.2 Å². The maximum absolute atomic E-state index is 13.0. The second-order valence-corrected chi connectivity index (χ2v) is 11.4. The molecule has 0 bridgehead atoms. The minimum absolute atomic E-state index is 0.00453. The summed E-state index contributed by atoms with van der Waals surface area (Å²) in [7, 11) is 0. The highest BCUT2D eigenvalue weighted by Gasteiger charge is 2.20. The molecule has 0 unspecified atom stereocenters. The van der Waals surface area contributed by atoms with Gasteiger partial charge in [-0.15, -0.1) is 0 Å². The zero-order valence-electron chi connectivity index (χ0n) is 25.7. The Morgan fingerprint density at radius 1 is 0.778 bits per heavy atom. The van der Waals surface area contributed by atoms with Crippen molar-refractivity contribution in [3.05, 3.63) is 125 Å². The van der Waals surface area contributed by atoms with Crippen molar-refractivity contribution in [2.45, 2.75) is 58.8 Å². The lowest BCUT2D eigenvalue weighted by atomic mass is 10.00. The molecule has 0 saturated carbocycles. The van der Waals surface area contributed by atoms with Crippen LogP contribution in [0, 0.1) is 5.92 Å². The first-order valence-corrected chi connectivity index (χ1v) is 15.4. The van der Waals surface area contributed by atoms with Crippen LogP contribution in [-0.2, 0) is 42.1 Å². The SMILES string of the molecule is C[C@@H](CC(=O)[C@@H](C)NCl)C(=O)NCCc1ccc(CC(=O)c2ccc(CN(Cc3ccccn3)Cc3ccccn3)nc2)cc1. The number of rotatable bonds is 17. The van der Waals surface area contributed by atoms with E-state index in [2.05, 4.69) is 30.0 Å². The Labute approximate surface area is 269 Å². The van der Waals surface area contributed by atoms with Gasteiger partial charge in [0, 0.05) is 69.1 Å². The summed E-state index contributed by atoms with van der Waals surface area (Å²) in [5.41, 5.74) is 5.30. The number of aromatic nitrogens is 3. The van der Waals surface area contributed by atoms with Gasteiger partial charge in [0.2, 0.25) is 5.91 Å². The van der Waals surface area contributed by atoms with E-state index in [4.69, 9.17) is 11.8 Å². The molecular weight excluding hydrogens is 588 g/mol. The first-order valence-electron chi connectivity index (χ1n) is 15.1. The Bertz CT molecular complexity index is 1480. The predicted octanol–water partition coefficient (Wildman–Crippen LogP) is 4.89. The van der Waals surface area contributed by atoms with E-state index in [1.54, 1.807) is 32.4 Å². The van der Waals surface area contributed by atoms with Gasteiger partial charge in [0.05, 0.1) is 23.1 Å². The molecule has 0 aliphatic heterocycles. The van der Waals surface area contributed by atoms with Crippen LogP contribution in [0.15, 0.2) is 91.4 Å². The molecule has 234 valence electrons. The van der Waals surface area contributed by atoms with Crippen LogP contribution in [0.25, 0.3) is 0 Å². The van der Waals surface area contributed by atoms with Gasteiger partial charge in [0.25, 0.3) is 0 Å². The van der Waals surface area contributed by atoms with Crippen LogP contribution >= 0.6 is 11.8 Å². The van der Waals surface area contributed by atoms with Crippen molar-refractivity contribution in [1.29, 1.82) is 0 Å². The van der Waals surface area contributed by atoms with Gasteiger partial charge >= 0.3 is 0 Å². The van der Waals surface area contributed by atoms with Crippen LogP contribution in [0.4, 0.5) is 0 Å². The fraction of sp³-hybridized carbons (Fsp3) is 0.314. The van der Waals surface area contributed by atoms with Gasteiger partial charge in [-0.1, -0.05) is 43.3 Å². The van der Waals surface area contributed by atoms with Crippen LogP contribution in [-0.4, -0.2) is 49.9 Å². The van der Waals surface area contributed by atoms with Crippen LogP contribution in [0.5, 0.6) is 0 Å². The first-order chi connectivity index (χ1) is 21.8. The Hall–Kier alpha value is -4.31. The number of benzene rings is 1. The van der Waals surface area contributed by atoms with Gasteiger partial charge < -0.3 is 5.32 Å². The normalized spacial score (nSPS) is 12.4. The quantitative estimate of drug-likeness (QED) is 0.126. The number of hydrogen-bond donors (Lipinski definition) is 2. The summed E-state index contributed by atoms with van der Waals surface area (Å²) in [6.07, 6.45) is 6.27. The molecule has 0 aliphatic carbocycles. The van der Waals surface area contributed by atoms with E-state index in [0.717, 1.165) is 28.2 Å². The second-order valence-electron chi connectivity index (χ2n) is 11.2. The number of nitrogens with zero attached hydrogens (tertiary/aromatic N) is 4. The lowest BCUT2D eigenvalue weighted by Gasteiger charge is -2.21. The number of ketones is 2. The van der Waals surface area contributed by atoms with Gasteiger partial charge in [-0.2, -0.15) is 0 Å². The van der Waals surface area contributed by atoms with Crippen LogP contribution in [0.3, 0.4) is 0 Å². The Morgan fingerprint density at radius 2 is 1.38 bits per heavy atom. The number of nitrogens with one attached hydrogen (secondary N) is 2. The fourth-order valence-corrected chi connectivity index (χ4v) is 4.89. The van der Waals surface area contributed by atoms with E-state index in [9.17, 15) is 14.4 Å². The molecule has 9 nitrogen and oxygen atoms in total. The third-order valence-corrected chi connectivity index (χ3v) is 7.79. The number of Topliss-reactive ketones (excluding diaryl/α,β-unsaturated/α-hetero) is 2. The Morgan fingerprint density at radius 3 is 1.91 bits per heavy atom. The minimum Gasteiger partial charge on any atom is -0.356 e. The van der Waals surface area contributed by atoms with Gasteiger partial charge in [-0.25, -0.2) is 4.84 Å². The summed E-state index contributed by atoms with van der Waals surface area (Å²) in [5, 5.41) is 2.89. The van der Waals surface area contributed by atoms with Crippen molar-refractivity contribution < 1.29 is 14.4 Å². The number of pyridine rings is 3. The van der Waals surface area contributed by atoms with Gasteiger partial charge in [0.1, 0.15) is 0 Å². The summed E-state index contributed by atoms with van der Waals surface area (Å²) in [6, 6.07) is 22.8. The number of carbonyl (C=O) groups excluding carboxylic acids is 3. The molecule has 10 heteroatoms. The van der Waals surface area contributed by atoms with Crippen molar-refractivity contribution >= 4 is 29.3 Å². The zero-order chi connectivity index (χ0) is 32.0. The smallest absolute Gasteiger partial charge is 0.223 e. The van der Waals surface area contributed by atoms with Gasteiger partial charge in [-0.05, 0) is 72.6 Å². The van der Waals surface area contributed by atoms with Crippen LogP contribution in [0.2, 0.25) is 0 Å². The molecular formula is C35H39ClN6O3. The van der Waals surface area contributed by atoms with E-state index in [-0.39, 0.29) is 30.3 Å². The second kappa shape index (κ2) is 17.2. The average molecular weight is 627 g/mol. The molecule has 1 amide bonds. The van der Waals surface area contributed by atoms with Crippen molar-refractivity contribution in [2.24, 2.45) is 5.92 Å². The summed E-state index contributed by atoms with van der Waals surface area (Å²) in [6.45, 7) is 5.73. The molecule has 3 aromatic heterocycles. The van der Waals surface area contributed by atoms with Gasteiger partial charge in [0.15, 0.2) is 11.6 Å². The van der Waals surface area contributed by atoms with Crippen molar-refractivity contribution in [1.82, 2.24) is 30.0 Å². The Kier molecular flexibility index (Phi) is 12.9. The molecule has 3 heterocycles. The largest absolute Gasteiger partial charge is 0.356 e. The standard InChI is InChI=1S/C35H39ClN6O3/c1-25(19-33(43)26(2)41-36)35(45)39-18-15-27-9-11-28(12-10-27)20-34(44)29-13-14-32(40-21-29)24-42(22-30-7-3-5-16-37-30)23-31-8-4-6-17-38-31/h3-14,16-17,21,25-26,41H,15,18-20,22-24H2,1-2H3,(H,39,45)/t25-,26+/m0/s1. The molecule has 0 radical (unpaired) electrons. The summed E-state index contributed by atoms with van der Waals surface area (Å²) < 4.78 is 0. The molecule has 45 heavy (non-hydrogen) atoms. The van der Waals surface area contributed by atoms with Crippen molar-refractivity contribution in [3.8, 4) is 0 Å². The molecule has 4 aromatic rings. The number of hydrogen-bond acceptors (Lipinski definition) is 8. The monoisotopic (exact) mass is 626 g/mol. The third kappa shape index (κ3) is 11.0. The average Bonchev–Trinajstić information content (AvgIpc) is 3.06. The summed E-state index contributed by atoms with van der Waals surface area (Å²) in [4.78, 5) is 55.5. The lowest BCUT2D eigenvalue weighted by Crippen LogP contribution is -2.35. The highest BCUT2D eigenvalue weighted by molar-refractivity contribution is 6.15. The van der Waals surface area contributed by atoms with E-state index < -0.39 is 12.0 Å². The summed E-state index contributed by atoms with van der Waals surface area (Å²) in [5.74, 6) is -0.709. The third-order valence-electron chi connectivity index (χ3n) is 7.46. The molecule has 2 atom stereocenters. The first kappa shape index (κ1) is 33.6. The molecule has 0 fully saturated rings. The highest BCUT2D eigenvalue weighted by atomic mass is 35.5. The predicted molar refractivity (Wildman–Crippen MR) is 174 cm³/mol. The zero-order valence-corrected chi connectivity index (χ0v) is 26.4. The Balaban J connectivity index is 1.26. The summed E-state index contributed by atoms with van der Waals surface area (Å²) >= 11 is 5.50. The van der Waals surface area contributed by atoms with E-state index in [1.165, 1.54) is 0 Å². The molecule has 2 N–H and O–H groups in total. The van der Waals surface area contributed by atoms with E-state index >= 15 is 0 Å². The fourth-order valence-electron chi connectivity index (χ4n) is 4.77. The molecule has 0 saturated heterocycles. The maximum Gasteiger partial charge on any atom is 0.223 e. The van der Waals surface area contributed by atoms with Crippen LogP contribution in [0.1, 0.15) is 58.8 Å².